The molecule has 3 aliphatic rings. The van der Waals surface area contributed by atoms with Gasteiger partial charge in [0.05, 0.1) is 0 Å². The molecule has 0 unspecified atom stereocenters. The largest absolute Gasteiger partial charge is 0.313 e. The van der Waals surface area contributed by atoms with Crippen molar-refractivity contribution >= 4 is 0 Å². The van der Waals surface area contributed by atoms with Crippen molar-refractivity contribution in [3.8, 4) is 0 Å². The summed E-state index contributed by atoms with van der Waals surface area (Å²) < 4.78 is 0. The minimum Gasteiger partial charge on any atom is -0.313 e. The fourth-order valence-electron chi connectivity index (χ4n) is 3.58. The molecule has 3 rings (SSSR count). The minimum absolute atomic E-state index is 0.569. The van der Waals surface area contributed by atoms with E-state index >= 15 is 0 Å². The van der Waals surface area contributed by atoms with Gasteiger partial charge in [0.1, 0.15) is 0 Å². The number of hydrogen-bond donors (Lipinski definition) is 1. The number of rotatable bonds is 5. The number of nitrogens with zero attached hydrogens (tertiary/aromatic N) is 1. The molecule has 0 radical (unpaired) electrons. The van der Waals surface area contributed by atoms with Gasteiger partial charge in [-0.2, -0.15) is 0 Å². The summed E-state index contributed by atoms with van der Waals surface area (Å²) in [7, 11) is 0. The Bertz CT molecular complexity index is 283. The Kier molecular flexibility index (Phi) is 3.44. The number of hydrogen-bond acceptors (Lipinski definition) is 2. The average molecular weight is 250 g/mol. The smallest absolute Gasteiger partial charge is 0.00684 e. The molecule has 3 fully saturated rings. The van der Waals surface area contributed by atoms with Crippen LogP contribution in [-0.4, -0.2) is 37.1 Å². The third kappa shape index (κ3) is 3.08. The zero-order chi connectivity index (χ0) is 12.6. The summed E-state index contributed by atoms with van der Waals surface area (Å²) in [5.41, 5.74) is 1.24. The topological polar surface area (TPSA) is 15.3 Å². The van der Waals surface area contributed by atoms with Crippen LogP contribution < -0.4 is 5.32 Å². The normalized spacial score (nSPS) is 31.0. The third-order valence-electron chi connectivity index (χ3n) is 5.62. The molecule has 0 spiro atoms. The van der Waals surface area contributed by atoms with E-state index in [1.807, 2.05) is 0 Å². The van der Waals surface area contributed by atoms with E-state index in [4.69, 9.17) is 0 Å². The summed E-state index contributed by atoms with van der Waals surface area (Å²) in [6.45, 7) is 10.3. The summed E-state index contributed by atoms with van der Waals surface area (Å²) >= 11 is 0. The summed E-state index contributed by atoms with van der Waals surface area (Å²) in [4.78, 5) is 2.73. The van der Waals surface area contributed by atoms with Crippen LogP contribution in [0.1, 0.15) is 58.8 Å². The van der Waals surface area contributed by atoms with E-state index in [9.17, 15) is 0 Å². The van der Waals surface area contributed by atoms with Gasteiger partial charge >= 0.3 is 0 Å². The SMILES string of the molecule is CC1(CNC2CC2)CCN(CC2(C)CCC2)CC1. The first kappa shape index (κ1) is 12.9. The summed E-state index contributed by atoms with van der Waals surface area (Å²) in [5, 5.41) is 3.73. The van der Waals surface area contributed by atoms with Gasteiger partial charge in [0.2, 0.25) is 0 Å². The maximum atomic E-state index is 3.73. The van der Waals surface area contributed by atoms with Gasteiger partial charge < -0.3 is 10.2 Å². The van der Waals surface area contributed by atoms with Crippen LogP contribution in [0.2, 0.25) is 0 Å². The van der Waals surface area contributed by atoms with Crippen LogP contribution in [-0.2, 0) is 0 Å². The average Bonchev–Trinajstić information content (AvgIpc) is 3.12. The Balaban J connectivity index is 1.41. The van der Waals surface area contributed by atoms with Crippen LogP contribution >= 0.6 is 0 Å². The van der Waals surface area contributed by atoms with Crippen LogP contribution in [0.5, 0.6) is 0 Å². The molecular formula is C16H30N2. The molecule has 1 aliphatic heterocycles. The predicted octanol–water partition coefficient (Wildman–Crippen LogP) is 3.03. The molecule has 2 heteroatoms. The fourth-order valence-corrected chi connectivity index (χ4v) is 3.58. The molecule has 0 atom stereocenters. The summed E-state index contributed by atoms with van der Waals surface area (Å²) in [6, 6.07) is 0.869. The van der Waals surface area contributed by atoms with Crippen molar-refractivity contribution in [1.82, 2.24) is 10.2 Å². The molecule has 18 heavy (non-hydrogen) atoms. The summed E-state index contributed by atoms with van der Waals surface area (Å²) in [6.07, 6.45) is 10.0. The van der Waals surface area contributed by atoms with E-state index in [1.165, 1.54) is 71.1 Å². The van der Waals surface area contributed by atoms with Crippen LogP contribution in [0.3, 0.4) is 0 Å². The van der Waals surface area contributed by atoms with Crippen LogP contribution in [0, 0.1) is 10.8 Å². The lowest BCUT2D eigenvalue weighted by atomic mass is 9.69. The highest BCUT2D eigenvalue weighted by atomic mass is 15.1. The maximum absolute atomic E-state index is 3.73. The molecule has 0 amide bonds. The monoisotopic (exact) mass is 250 g/mol. The van der Waals surface area contributed by atoms with E-state index in [0.29, 0.717) is 10.8 Å². The van der Waals surface area contributed by atoms with Crippen molar-refractivity contribution in [2.75, 3.05) is 26.2 Å². The predicted molar refractivity (Wildman–Crippen MR) is 76.8 cm³/mol. The Labute approximate surface area is 113 Å². The molecule has 0 aromatic heterocycles. The van der Waals surface area contributed by atoms with Crippen LogP contribution in [0.25, 0.3) is 0 Å². The van der Waals surface area contributed by atoms with Gasteiger partial charge in [-0.05, 0) is 62.4 Å². The fraction of sp³-hybridized carbons (Fsp3) is 1.00. The van der Waals surface area contributed by atoms with Crippen LogP contribution in [0.15, 0.2) is 0 Å². The van der Waals surface area contributed by atoms with Gasteiger partial charge in [-0.3, -0.25) is 0 Å². The van der Waals surface area contributed by atoms with Gasteiger partial charge in [-0.1, -0.05) is 20.3 Å². The number of likely N-dealkylation sites (tertiary alicyclic amines) is 1. The van der Waals surface area contributed by atoms with Crippen molar-refractivity contribution in [3.63, 3.8) is 0 Å². The lowest BCUT2D eigenvalue weighted by Crippen LogP contribution is -2.48. The van der Waals surface area contributed by atoms with Gasteiger partial charge in [-0.25, -0.2) is 0 Å². The Morgan fingerprint density at radius 1 is 1.00 bits per heavy atom. The molecular weight excluding hydrogens is 220 g/mol. The van der Waals surface area contributed by atoms with Gasteiger partial charge in [0.25, 0.3) is 0 Å². The molecule has 0 aromatic rings. The van der Waals surface area contributed by atoms with Crippen molar-refractivity contribution in [1.29, 1.82) is 0 Å². The zero-order valence-electron chi connectivity index (χ0n) is 12.3. The van der Waals surface area contributed by atoms with Gasteiger partial charge in [0, 0.05) is 19.1 Å². The first-order valence-electron chi connectivity index (χ1n) is 8.03. The van der Waals surface area contributed by atoms with Crippen molar-refractivity contribution < 1.29 is 0 Å². The number of nitrogens with one attached hydrogen (secondary N) is 1. The molecule has 0 bridgehead atoms. The maximum Gasteiger partial charge on any atom is 0.00684 e. The van der Waals surface area contributed by atoms with Crippen molar-refractivity contribution in [3.05, 3.63) is 0 Å². The molecule has 1 saturated heterocycles. The standard InChI is InChI=1S/C16H30N2/c1-15(12-17-14-4-5-14)8-10-18(11-9-15)13-16(2)6-3-7-16/h14,17H,3-13H2,1-2H3. The molecule has 1 heterocycles. The Morgan fingerprint density at radius 2 is 1.67 bits per heavy atom. The first-order valence-corrected chi connectivity index (χ1v) is 8.03. The molecule has 1 N–H and O–H groups in total. The van der Waals surface area contributed by atoms with Crippen molar-refractivity contribution in [2.24, 2.45) is 10.8 Å². The molecule has 2 nitrogen and oxygen atoms in total. The molecule has 2 saturated carbocycles. The quantitative estimate of drug-likeness (QED) is 0.807. The second-order valence-electron chi connectivity index (χ2n) is 7.91. The second kappa shape index (κ2) is 4.79. The molecule has 0 aromatic carbocycles. The van der Waals surface area contributed by atoms with E-state index in [1.54, 1.807) is 0 Å². The van der Waals surface area contributed by atoms with E-state index in [-0.39, 0.29) is 0 Å². The highest BCUT2D eigenvalue weighted by molar-refractivity contribution is 4.92. The van der Waals surface area contributed by atoms with E-state index in [2.05, 4.69) is 24.1 Å². The molecule has 104 valence electrons. The summed E-state index contributed by atoms with van der Waals surface area (Å²) in [5.74, 6) is 0. The van der Waals surface area contributed by atoms with Gasteiger partial charge in [-0.15, -0.1) is 0 Å². The highest BCUT2D eigenvalue weighted by Crippen LogP contribution is 2.42. The Morgan fingerprint density at radius 3 is 2.17 bits per heavy atom. The zero-order valence-corrected chi connectivity index (χ0v) is 12.3. The minimum atomic E-state index is 0.569. The number of piperidine rings is 1. The second-order valence-corrected chi connectivity index (χ2v) is 7.91. The third-order valence-corrected chi connectivity index (χ3v) is 5.62. The lowest BCUT2D eigenvalue weighted by molar-refractivity contribution is 0.0429. The lowest BCUT2D eigenvalue weighted by Gasteiger charge is -2.46. The first-order chi connectivity index (χ1) is 8.57. The van der Waals surface area contributed by atoms with Crippen LogP contribution in [0.4, 0.5) is 0 Å². The van der Waals surface area contributed by atoms with Crippen molar-refractivity contribution in [2.45, 2.75) is 64.8 Å². The van der Waals surface area contributed by atoms with Gasteiger partial charge in [0.15, 0.2) is 0 Å². The highest BCUT2D eigenvalue weighted by Gasteiger charge is 2.37. The van der Waals surface area contributed by atoms with E-state index in [0.717, 1.165) is 6.04 Å². The molecule has 2 aliphatic carbocycles. The van der Waals surface area contributed by atoms with E-state index < -0.39 is 0 Å². The Hall–Kier alpha value is -0.0800.